The highest BCUT2D eigenvalue weighted by Gasteiger charge is 2.25. The zero-order valence-corrected chi connectivity index (χ0v) is 11.4. The van der Waals surface area contributed by atoms with Gasteiger partial charge in [-0.1, -0.05) is 0 Å². The maximum Gasteiger partial charge on any atom is 0.409 e. The zero-order chi connectivity index (χ0) is 13.4. The van der Waals surface area contributed by atoms with Crippen molar-refractivity contribution in [2.75, 3.05) is 26.7 Å². The smallest absolute Gasteiger partial charge is 0.409 e. The Hall–Kier alpha value is -1.10. The van der Waals surface area contributed by atoms with E-state index in [1.165, 1.54) is 0 Å². The molecule has 0 bridgehead atoms. The monoisotopic (exact) mass is 256 g/mol. The van der Waals surface area contributed by atoms with Crippen molar-refractivity contribution < 1.29 is 14.3 Å². The van der Waals surface area contributed by atoms with E-state index in [4.69, 9.17) is 4.74 Å². The second-order valence-corrected chi connectivity index (χ2v) is 4.85. The molecule has 0 saturated carbocycles. The molecule has 1 N–H and O–H groups in total. The van der Waals surface area contributed by atoms with Gasteiger partial charge in [-0.05, 0) is 39.7 Å². The molecule has 1 atom stereocenters. The Morgan fingerprint density at radius 1 is 1.33 bits per heavy atom. The number of Topliss-reactive ketones (excluding diaryl/α,β-unsaturated/α-hetero) is 1. The molecule has 1 aliphatic rings. The molecular formula is C13H24N2O3. The first kappa shape index (κ1) is 15.0. The van der Waals surface area contributed by atoms with Crippen molar-refractivity contribution in [1.29, 1.82) is 0 Å². The van der Waals surface area contributed by atoms with Gasteiger partial charge in [0.2, 0.25) is 0 Å². The van der Waals surface area contributed by atoms with Crippen molar-refractivity contribution in [3.8, 4) is 0 Å². The van der Waals surface area contributed by atoms with Gasteiger partial charge in [-0.3, -0.25) is 0 Å². The highest BCUT2D eigenvalue weighted by atomic mass is 16.6. The summed E-state index contributed by atoms with van der Waals surface area (Å²) in [5.74, 6) is 0.224. The second-order valence-electron chi connectivity index (χ2n) is 4.85. The van der Waals surface area contributed by atoms with Crippen LogP contribution in [-0.4, -0.2) is 49.6 Å². The van der Waals surface area contributed by atoms with Crippen LogP contribution in [0, 0.1) is 0 Å². The van der Waals surface area contributed by atoms with Crippen LogP contribution in [-0.2, 0) is 9.53 Å². The first-order chi connectivity index (χ1) is 8.63. The van der Waals surface area contributed by atoms with Crippen LogP contribution in [0.4, 0.5) is 4.79 Å². The summed E-state index contributed by atoms with van der Waals surface area (Å²) in [6.45, 7) is 3.57. The van der Waals surface area contributed by atoms with Gasteiger partial charge < -0.3 is 19.7 Å². The predicted molar refractivity (Wildman–Crippen MR) is 69.5 cm³/mol. The van der Waals surface area contributed by atoms with E-state index in [0.717, 1.165) is 38.8 Å². The lowest BCUT2D eigenvalue weighted by Crippen LogP contribution is -2.33. The number of amides is 1. The molecule has 0 spiro atoms. The molecule has 1 amide bonds. The molecule has 1 fully saturated rings. The minimum absolute atomic E-state index is 0.209. The molecule has 0 aromatic heterocycles. The lowest BCUT2D eigenvalue weighted by atomic mass is 10.1. The molecular weight excluding hydrogens is 232 g/mol. The number of carbonyl (C=O) groups is 2. The molecule has 1 saturated heterocycles. The third-order valence-electron chi connectivity index (χ3n) is 3.25. The van der Waals surface area contributed by atoms with Crippen LogP contribution >= 0.6 is 0 Å². The molecule has 0 aromatic rings. The average molecular weight is 256 g/mol. The number of ketones is 1. The summed E-state index contributed by atoms with van der Waals surface area (Å²) >= 11 is 0. The van der Waals surface area contributed by atoms with Crippen LogP contribution in [0.2, 0.25) is 0 Å². The third kappa shape index (κ3) is 5.49. The van der Waals surface area contributed by atoms with Crippen LogP contribution in [0.3, 0.4) is 0 Å². The van der Waals surface area contributed by atoms with Crippen molar-refractivity contribution in [2.24, 2.45) is 0 Å². The van der Waals surface area contributed by atoms with Gasteiger partial charge in [0.15, 0.2) is 0 Å². The Balaban J connectivity index is 2.02. The number of carbonyl (C=O) groups excluding carboxylic acids is 2. The van der Waals surface area contributed by atoms with Gasteiger partial charge in [0.25, 0.3) is 0 Å². The fourth-order valence-electron chi connectivity index (χ4n) is 2.07. The molecule has 1 rings (SSSR count). The highest BCUT2D eigenvalue weighted by molar-refractivity contribution is 5.75. The fraction of sp³-hybridized carbons (Fsp3) is 0.846. The van der Waals surface area contributed by atoms with Gasteiger partial charge in [-0.2, -0.15) is 0 Å². The SMILES string of the molecule is CNC1CCN(C(=O)OCCCCCC(C)=O)C1. The van der Waals surface area contributed by atoms with Crippen LogP contribution in [0.1, 0.15) is 39.0 Å². The van der Waals surface area contributed by atoms with E-state index in [2.05, 4.69) is 5.32 Å². The normalized spacial score (nSPS) is 19.0. The van der Waals surface area contributed by atoms with Crippen molar-refractivity contribution in [1.82, 2.24) is 10.2 Å². The largest absolute Gasteiger partial charge is 0.449 e. The Bertz CT molecular complexity index is 281. The summed E-state index contributed by atoms with van der Waals surface area (Å²) in [5, 5.41) is 3.16. The molecule has 0 aromatic carbocycles. The van der Waals surface area contributed by atoms with Crippen LogP contribution in [0.5, 0.6) is 0 Å². The maximum atomic E-state index is 11.7. The molecule has 5 nitrogen and oxygen atoms in total. The number of rotatable bonds is 7. The number of nitrogens with zero attached hydrogens (tertiary/aromatic N) is 1. The second kappa shape index (κ2) is 8.08. The summed E-state index contributed by atoms with van der Waals surface area (Å²) in [4.78, 5) is 24.1. The van der Waals surface area contributed by atoms with E-state index in [-0.39, 0.29) is 11.9 Å². The van der Waals surface area contributed by atoms with Gasteiger partial charge in [-0.15, -0.1) is 0 Å². The van der Waals surface area contributed by atoms with Gasteiger partial charge in [0, 0.05) is 25.6 Å². The van der Waals surface area contributed by atoms with E-state index in [1.807, 2.05) is 7.05 Å². The van der Waals surface area contributed by atoms with E-state index < -0.39 is 0 Å². The molecule has 1 unspecified atom stereocenters. The summed E-state index contributed by atoms with van der Waals surface area (Å²) in [7, 11) is 1.91. The van der Waals surface area contributed by atoms with E-state index >= 15 is 0 Å². The molecule has 104 valence electrons. The predicted octanol–water partition coefficient (Wildman–Crippen LogP) is 1.57. The Kier molecular flexibility index (Phi) is 6.72. The van der Waals surface area contributed by atoms with Gasteiger partial charge >= 0.3 is 6.09 Å². The van der Waals surface area contributed by atoms with E-state index in [1.54, 1.807) is 11.8 Å². The first-order valence-electron chi connectivity index (χ1n) is 6.72. The highest BCUT2D eigenvalue weighted by Crippen LogP contribution is 2.10. The minimum Gasteiger partial charge on any atom is -0.449 e. The van der Waals surface area contributed by atoms with E-state index in [9.17, 15) is 9.59 Å². The number of unbranched alkanes of at least 4 members (excludes halogenated alkanes) is 2. The molecule has 0 aliphatic carbocycles. The Labute approximate surface area is 109 Å². The number of ether oxygens (including phenoxy) is 1. The van der Waals surface area contributed by atoms with E-state index in [0.29, 0.717) is 19.1 Å². The van der Waals surface area contributed by atoms with Gasteiger partial charge in [0.05, 0.1) is 6.61 Å². The number of nitrogens with one attached hydrogen (secondary N) is 1. The summed E-state index contributed by atoms with van der Waals surface area (Å²) in [5.41, 5.74) is 0. The first-order valence-corrected chi connectivity index (χ1v) is 6.72. The molecule has 1 heterocycles. The van der Waals surface area contributed by atoms with Crippen molar-refractivity contribution in [2.45, 2.75) is 45.1 Å². The number of hydrogen-bond donors (Lipinski definition) is 1. The van der Waals surface area contributed by atoms with Crippen molar-refractivity contribution >= 4 is 11.9 Å². The van der Waals surface area contributed by atoms with Crippen LogP contribution < -0.4 is 5.32 Å². The topological polar surface area (TPSA) is 58.6 Å². The standard InChI is InChI=1S/C13H24N2O3/c1-11(16)6-4-3-5-9-18-13(17)15-8-7-12(10-15)14-2/h12,14H,3-10H2,1-2H3. The Morgan fingerprint density at radius 3 is 2.72 bits per heavy atom. The van der Waals surface area contributed by atoms with Crippen molar-refractivity contribution in [3.63, 3.8) is 0 Å². The van der Waals surface area contributed by atoms with Crippen molar-refractivity contribution in [3.05, 3.63) is 0 Å². The lowest BCUT2D eigenvalue weighted by Gasteiger charge is -2.16. The van der Waals surface area contributed by atoms with Crippen LogP contribution in [0.15, 0.2) is 0 Å². The summed E-state index contributed by atoms with van der Waals surface area (Å²) in [6, 6.07) is 0.396. The number of hydrogen-bond acceptors (Lipinski definition) is 4. The Morgan fingerprint density at radius 2 is 2.11 bits per heavy atom. The maximum absolute atomic E-state index is 11.7. The summed E-state index contributed by atoms with van der Waals surface area (Å²) < 4.78 is 5.20. The number of likely N-dealkylation sites (tertiary alicyclic amines) is 1. The summed E-state index contributed by atoms with van der Waals surface area (Å²) in [6.07, 6.45) is 4.07. The molecule has 5 heteroatoms. The lowest BCUT2D eigenvalue weighted by molar-refractivity contribution is -0.117. The average Bonchev–Trinajstić information content (AvgIpc) is 2.81. The van der Waals surface area contributed by atoms with Gasteiger partial charge in [-0.25, -0.2) is 4.79 Å². The molecule has 18 heavy (non-hydrogen) atoms. The molecule has 0 radical (unpaired) electrons. The quantitative estimate of drug-likeness (QED) is 0.702. The fourth-order valence-corrected chi connectivity index (χ4v) is 2.07. The minimum atomic E-state index is -0.209. The van der Waals surface area contributed by atoms with Gasteiger partial charge in [0.1, 0.15) is 5.78 Å². The third-order valence-corrected chi connectivity index (χ3v) is 3.25. The van der Waals surface area contributed by atoms with Crippen LogP contribution in [0.25, 0.3) is 0 Å². The zero-order valence-electron chi connectivity index (χ0n) is 11.4. The molecule has 1 aliphatic heterocycles. The number of likely N-dealkylation sites (N-methyl/N-ethyl adjacent to an activating group) is 1.